The zero-order valence-corrected chi connectivity index (χ0v) is 13.7. The molecule has 1 aliphatic rings. The van der Waals surface area contributed by atoms with Crippen LogP contribution in [0.1, 0.15) is 34.9 Å². The first-order valence-electron chi connectivity index (χ1n) is 8.14. The van der Waals surface area contributed by atoms with E-state index in [-0.39, 0.29) is 17.4 Å². The van der Waals surface area contributed by atoms with Crippen LogP contribution in [-0.4, -0.2) is 24.5 Å². The maximum absolute atomic E-state index is 12.5. The van der Waals surface area contributed by atoms with E-state index in [1.54, 1.807) is 30.3 Å². The van der Waals surface area contributed by atoms with Crippen LogP contribution in [0.15, 0.2) is 54.6 Å². The molecule has 0 saturated heterocycles. The summed E-state index contributed by atoms with van der Waals surface area (Å²) < 4.78 is 34.3. The van der Waals surface area contributed by atoms with Gasteiger partial charge in [-0.1, -0.05) is 36.4 Å². The van der Waals surface area contributed by atoms with E-state index in [1.165, 1.54) is 18.2 Å². The first-order chi connectivity index (χ1) is 12.5. The lowest BCUT2D eigenvalue weighted by molar-refractivity contribution is -0.130. The fraction of sp³-hybridized carbons (Fsp3) is 0.263. The fourth-order valence-corrected chi connectivity index (χ4v) is 2.38. The molecule has 0 spiro atoms. The number of esters is 1. The van der Waals surface area contributed by atoms with Gasteiger partial charge in [0.1, 0.15) is 5.75 Å². The van der Waals surface area contributed by atoms with Gasteiger partial charge in [0.05, 0.1) is 5.56 Å². The molecule has 0 heterocycles. The summed E-state index contributed by atoms with van der Waals surface area (Å²) in [6, 6.07) is 14.0. The van der Waals surface area contributed by atoms with E-state index in [0.29, 0.717) is 5.56 Å². The number of ether oxygens (including phenoxy) is 2. The van der Waals surface area contributed by atoms with Gasteiger partial charge in [-0.3, -0.25) is 4.79 Å². The van der Waals surface area contributed by atoms with Gasteiger partial charge in [-0.05, 0) is 31.0 Å². The minimum atomic E-state index is -3.00. The molecule has 1 amide bonds. The first-order valence-corrected chi connectivity index (χ1v) is 8.14. The number of carbonyl (C=O) groups excluding carboxylic acids is 2. The number of amides is 1. The van der Waals surface area contributed by atoms with E-state index >= 15 is 0 Å². The maximum Gasteiger partial charge on any atom is 0.387 e. The normalized spacial score (nSPS) is 14.6. The summed E-state index contributed by atoms with van der Waals surface area (Å²) in [6.07, 6.45) is 0.673. The molecule has 0 radical (unpaired) electrons. The fourth-order valence-electron chi connectivity index (χ4n) is 2.38. The number of rotatable bonds is 7. The lowest BCUT2D eigenvalue weighted by atomic mass is 10.1. The third-order valence-corrected chi connectivity index (χ3v) is 3.78. The number of nitrogens with one attached hydrogen (secondary N) is 1. The van der Waals surface area contributed by atoms with Crippen LogP contribution in [0.25, 0.3) is 0 Å². The monoisotopic (exact) mass is 361 g/mol. The molecule has 2 aromatic carbocycles. The second kappa shape index (κ2) is 7.95. The lowest BCUT2D eigenvalue weighted by Crippen LogP contribution is -2.33. The van der Waals surface area contributed by atoms with Crippen LogP contribution in [-0.2, 0) is 9.53 Å². The maximum atomic E-state index is 12.5. The van der Waals surface area contributed by atoms with E-state index in [4.69, 9.17) is 4.74 Å². The Morgan fingerprint density at radius 1 is 1.04 bits per heavy atom. The molecule has 1 aliphatic carbocycles. The minimum absolute atomic E-state index is 0.0169. The van der Waals surface area contributed by atoms with Crippen LogP contribution in [0.2, 0.25) is 0 Å². The van der Waals surface area contributed by atoms with Crippen molar-refractivity contribution in [3.8, 4) is 5.75 Å². The number of alkyl halides is 2. The van der Waals surface area contributed by atoms with Crippen LogP contribution in [0.3, 0.4) is 0 Å². The summed E-state index contributed by atoms with van der Waals surface area (Å²) in [7, 11) is 0. The van der Waals surface area contributed by atoms with Gasteiger partial charge in [-0.2, -0.15) is 8.78 Å². The largest absolute Gasteiger partial charge is 0.444 e. The summed E-state index contributed by atoms with van der Waals surface area (Å²) in [4.78, 5) is 24.9. The van der Waals surface area contributed by atoms with Crippen molar-refractivity contribution in [2.45, 2.75) is 31.6 Å². The van der Waals surface area contributed by atoms with Crippen molar-refractivity contribution in [3.05, 3.63) is 65.7 Å². The van der Waals surface area contributed by atoms with Gasteiger partial charge < -0.3 is 14.8 Å². The average Bonchev–Trinajstić information content (AvgIpc) is 3.43. The van der Waals surface area contributed by atoms with Gasteiger partial charge in [0, 0.05) is 11.6 Å². The molecular formula is C19H17F2NO4. The Hall–Kier alpha value is -2.96. The molecule has 1 atom stereocenters. The molecule has 0 aliphatic heterocycles. The van der Waals surface area contributed by atoms with Crippen molar-refractivity contribution in [1.82, 2.24) is 5.32 Å². The summed E-state index contributed by atoms with van der Waals surface area (Å²) in [5.74, 6) is -1.37. The Labute approximate surface area is 148 Å². The van der Waals surface area contributed by atoms with E-state index < -0.39 is 24.6 Å². The highest BCUT2D eigenvalue weighted by molar-refractivity contribution is 5.93. The third-order valence-electron chi connectivity index (χ3n) is 3.78. The molecule has 0 aromatic heterocycles. The molecular weight excluding hydrogens is 344 g/mol. The highest BCUT2D eigenvalue weighted by Crippen LogP contribution is 2.25. The second-order valence-electron chi connectivity index (χ2n) is 5.89. The third kappa shape index (κ3) is 4.78. The van der Waals surface area contributed by atoms with Crippen molar-refractivity contribution in [1.29, 1.82) is 0 Å². The number of carbonyl (C=O) groups is 2. The highest BCUT2D eigenvalue weighted by Gasteiger charge is 2.31. The van der Waals surface area contributed by atoms with Crippen molar-refractivity contribution >= 4 is 11.9 Å². The SMILES string of the molecule is O=C(O[C@@H](C(=O)NC1CC1)c1ccccc1)c1cccc(OC(F)F)c1. The average molecular weight is 361 g/mol. The van der Waals surface area contributed by atoms with Crippen LogP contribution >= 0.6 is 0 Å². The van der Waals surface area contributed by atoms with Gasteiger partial charge >= 0.3 is 12.6 Å². The van der Waals surface area contributed by atoms with Crippen LogP contribution in [0, 0.1) is 0 Å². The van der Waals surface area contributed by atoms with Gasteiger partial charge in [0.2, 0.25) is 6.10 Å². The van der Waals surface area contributed by atoms with Crippen LogP contribution in [0.5, 0.6) is 5.75 Å². The van der Waals surface area contributed by atoms with E-state index in [9.17, 15) is 18.4 Å². The Kier molecular flexibility index (Phi) is 5.46. The number of benzene rings is 2. The molecule has 0 unspecified atom stereocenters. The number of halogens is 2. The van der Waals surface area contributed by atoms with Crippen LogP contribution < -0.4 is 10.1 Å². The van der Waals surface area contributed by atoms with E-state index in [2.05, 4.69) is 10.1 Å². The second-order valence-corrected chi connectivity index (χ2v) is 5.89. The molecule has 5 nitrogen and oxygen atoms in total. The zero-order valence-electron chi connectivity index (χ0n) is 13.7. The lowest BCUT2D eigenvalue weighted by Gasteiger charge is -2.18. The molecule has 0 bridgehead atoms. The van der Waals surface area contributed by atoms with E-state index in [0.717, 1.165) is 18.9 Å². The van der Waals surface area contributed by atoms with Gasteiger partial charge in [-0.15, -0.1) is 0 Å². The molecule has 7 heteroatoms. The summed E-state index contributed by atoms with van der Waals surface area (Å²) in [5.41, 5.74) is 0.544. The first kappa shape index (κ1) is 17.8. The van der Waals surface area contributed by atoms with Gasteiger partial charge in [0.25, 0.3) is 5.91 Å². The van der Waals surface area contributed by atoms with Crippen LogP contribution in [0.4, 0.5) is 8.78 Å². The molecule has 1 N–H and O–H groups in total. The zero-order chi connectivity index (χ0) is 18.5. The predicted octanol–water partition coefficient (Wildman–Crippen LogP) is 3.46. The van der Waals surface area contributed by atoms with Crippen molar-refractivity contribution < 1.29 is 27.8 Å². The van der Waals surface area contributed by atoms with Crippen molar-refractivity contribution in [2.75, 3.05) is 0 Å². The predicted molar refractivity (Wildman–Crippen MR) is 88.8 cm³/mol. The number of hydrogen-bond donors (Lipinski definition) is 1. The topological polar surface area (TPSA) is 64.6 Å². The summed E-state index contributed by atoms with van der Waals surface area (Å²) in [5, 5.41) is 2.81. The summed E-state index contributed by atoms with van der Waals surface area (Å²) >= 11 is 0. The van der Waals surface area contributed by atoms with Crippen molar-refractivity contribution in [2.24, 2.45) is 0 Å². The standard InChI is InChI=1S/C19H17F2NO4/c20-19(21)25-15-8-4-7-13(11-15)18(24)26-16(12-5-2-1-3-6-12)17(23)22-14-9-10-14/h1-8,11,14,16,19H,9-10H2,(H,22,23)/t16-/m1/s1. The minimum Gasteiger partial charge on any atom is -0.444 e. The van der Waals surface area contributed by atoms with Crippen molar-refractivity contribution in [3.63, 3.8) is 0 Å². The highest BCUT2D eigenvalue weighted by atomic mass is 19.3. The Morgan fingerprint density at radius 2 is 1.77 bits per heavy atom. The smallest absolute Gasteiger partial charge is 0.387 e. The Morgan fingerprint density at radius 3 is 2.42 bits per heavy atom. The molecule has 3 rings (SSSR count). The quantitative estimate of drug-likeness (QED) is 0.767. The number of hydrogen-bond acceptors (Lipinski definition) is 4. The molecule has 2 aromatic rings. The molecule has 1 fully saturated rings. The molecule has 26 heavy (non-hydrogen) atoms. The summed E-state index contributed by atoms with van der Waals surface area (Å²) in [6.45, 7) is -3.00. The van der Waals surface area contributed by atoms with E-state index in [1.807, 2.05) is 0 Å². The Balaban J connectivity index is 1.77. The van der Waals surface area contributed by atoms with Gasteiger partial charge in [0.15, 0.2) is 0 Å². The molecule has 136 valence electrons. The van der Waals surface area contributed by atoms with Gasteiger partial charge in [-0.25, -0.2) is 4.79 Å². The Bertz CT molecular complexity index is 778. The molecule has 1 saturated carbocycles.